The van der Waals surface area contributed by atoms with Crippen molar-refractivity contribution in [2.24, 2.45) is 0 Å². The molecule has 5 nitrogen and oxygen atoms in total. The number of carbonyl (C=O) groups is 1. The van der Waals surface area contributed by atoms with Gasteiger partial charge in [0.15, 0.2) is 0 Å². The number of likely N-dealkylation sites (tertiary alicyclic amines) is 1. The molecule has 1 saturated heterocycles. The Morgan fingerprint density at radius 2 is 1.76 bits per heavy atom. The molecule has 0 spiro atoms. The highest BCUT2D eigenvalue weighted by atomic mass is 16.5. The summed E-state index contributed by atoms with van der Waals surface area (Å²) < 4.78 is 11.8. The minimum atomic E-state index is -0.270. The molecule has 2 aromatic carbocycles. The second-order valence-electron chi connectivity index (χ2n) is 9.55. The van der Waals surface area contributed by atoms with E-state index in [1.807, 2.05) is 37.3 Å². The maximum Gasteiger partial charge on any atom is 0.340 e. The Bertz CT molecular complexity index is 1080. The number of aromatic amines is 1. The first kappa shape index (κ1) is 22.2. The van der Waals surface area contributed by atoms with E-state index in [0.717, 1.165) is 61.1 Å². The van der Waals surface area contributed by atoms with E-state index >= 15 is 0 Å². The zero-order chi connectivity index (χ0) is 22.6. The Morgan fingerprint density at radius 1 is 1.00 bits per heavy atom. The third-order valence-electron chi connectivity index (χ3n) is 7.16. The van der Waals surface area contributed by atoms with Crippen LogP contribution in [0, 0.1) is 6.92 Å². The summed E-state index contributed by atoms with van der Waals surface area (Å²) in [4.78, 5) is 18.8. The molecule has 174 valence electrons. The predicted octanol–water partition coefficient (Wildman–Crippen LogP) is 5.41. The number of esters is 1. The van der Waals surface area contributed by atoms with Crippen molar-refractivity contribution < 1.29 is 14.3 Å². The fourth-order valence-corrected chi connectivity index (χ4v) is 4.92. The molecule has 1 aromatic heterocycles. The van der Waals surface area contributed by atoms with Gasteiger partial charge in [-0.05, 0) is 68.7 Å². The molecule has 1 saturated carbocycles. The van der Waals surface area contributed by atoms with Gasteiger partial charge >= 0.3 is 5.97 Å². The van der Waals surface area contributed by atoms with E-state index in [9.17, 15) is 4.79 Å². The van der Waals surface area contributed by atoms with Gasteiger partial charge in [-0.25, -0.2) is 4.79 Å². The smallest absolute Gasteiger partial charge is 0.340 e. The Hall–Kier alpha value is -2.63. The number of aromatic nitrogens is 1. The Kier molecular flexibility index (Phi) is 6.79. The van der Waals surface area contributed by atoms with E-state index in [1.54, 1.807) is 0 Å². The lowest BCUT2D eigenvalue weighted by Crippen LogP contribution is -2.40. The first-order valence-corrected chi connectivity index (χ1v) is 12.4. The van der Waals surface area contributed by atoms with Crippen molar-refractivity contribution in [1.82, 2.24) is 9.88 Å². The summed E-state index contributed by atoms with van der Waals surface area (Å²) in [6.45, 7) is 5.49. The van der Waals surface area contributed by atoms with Gasteiger partial charge in [-0.3, -0.25) is 0 Å². The number of hydrogen-bond acceptors (Lipinski definition) is 4. The van der Waals surface area contributed by atoms with Crippen LogP contribution in [0.3, 0.4) is 0 Å². The van der Waals surface area contributed by atoms with Crippen LogP contribution >= 0.6 is 0 Å². The van der Waals surface area contributed by atoms with Gasteiger partial charge in [0.2, 0.25) is 0 Å². The molecule has 2 fully saturated rings. The third-order valence-corrected chi connectivity index (χ3v) is 7.16. The summed E-state index contributed by atoms with van der Waals surface area (Å²) in [7, 11) is 0. The van der Waals surface area contributed by atoms with Crippen LogP contribution < -0.4 is 0 Å². The lowest BCUT2D eigenvalue weighted by molar-refractivity contribution is -0.0732. The Labute approximate surface area is 196 Å². The average molecular weight is 447 g/mol. The van der Waals surface area contributed by atoms with Crippen LogP contribution in [-0.4, -0.2) is 47.7 Å². The zero-order valence-corrected chi connectivity index (χ0v) is 19.5. The fourth-order valence-electron chi connectivity index (χ4n) is 4.92. The van der Waals surface area contributed by atoms with Gasteiger partial charge in [-0.2, -0.15) is 0 Å². The van der Waals surface area contributed by atoms with E-state index in [4.69, 9.17) is 9.47 Å². The van der Waals surface area contributed by atoms with Gasteiger partial charge in [-0.1, -0.05) is 36.4 Å². The van der Waals surface area contributed by atoms with Crippen molar-refractivity contribution in [3.63, 3.8) is 0 Å². The molecule has 1 aliphatic heterocycles. The molecule has 0 unspecified atom stereocenters. The zero-order valence-electron chi connectivity index (χ0n) is 19.5. The summed E-state index contributed by atoms with van der Waals surface area (Å²) in [5.41, 5.74) is 4.74. The number of nitrogens with zero attached hydrogens (tertiary/aromatic N) is 1. The lowest BCUT2D eigenvalue weighted by Gasteiger charge is -2.36. The number of H-pyrrole nitrogens is 1. The van der Waals surface area contributed by atoms with Crippen LogP contribution in [0.1, 0.15) is 59.3 Å². The number of nitrogens with one attached hydrogen (secondary N) is 1. The molecule has 1 aliphatic carbocycles. The minimum absolute atomic E-state index is 0.270. The van der Waals surface area contributed by atoms with E-state index < -0.39 is 0 Å². The number of aryl methyl sites for hydroxylation is 1. The van der Waals surface area contributed by atoms with Gasteiger partial charge < -0.3 is 19.4 Å². The van der Waals surface area contributed by atoms with Crippen molar-refractivity contribution in [3.8, 4) is 0 Å². The largest absolute Gasteiger partial charge is 0.457 e. The van der Waals surface area contributed by atoms with Gasteiger partial charge in [0, 0.05) is 36.2 Å². The summed E-state index contributed by atoms with van der Waals surface area (Å²) in [5.74, 6) is -0.270. The molecule has 2 aliphatic rings. The van der Waals surface area contributed by atoms with Crippen LogP contribution in [0.5, 0.6) is 0 Å². The minimum Gasteiger partial charge on any atom is -0.457 e. The number of rotatable bonds is 8. The van der Waals surface area contributed by atoms with Gasteiger partial charge in [0.25, 0.3) is 0 Å². The van der Waals surface area contributed by atoms with E-state index in [1.165, 1.54) is 24.8 Å². The standard InChI is InChI=1S/C28H34N2O3/c1-20-27(28(31)32-19-22-6-3-2-4-7-22)25-18-21(10-11-26(25)29-20)12-15-30-16-13-24(14-17-30)33-23-8-5-9-23/h2-4,6-7,10-11,18,23-24,29H,5,8-9,12-17,19H2,1H3. The van der Waals surface area contributed by atoms with Crippen LogP contribution in [0.15, 0.2) is 48.5 Å². The maximum atomic E-state index is 12.9. The van der Waals surface area contributed by atoms with E-state index in [-0.39, 0.29) is 12.6 Å². The summed E-state index contributed by atoms with van der Waals surface area (Å²) >= 11 is 0. The topological polar surface area (TPSA) is 54.6 Å². The monoisotopic (exact) mass is 446 g/mol. The van der Waals surface area contributed by atoms with Crippen molar-refractivity contribution >= 4 is 16.9 Å². The van der Waals surface area contributed by atoms with Crippen LogP contribution in [0.2, 0.25) is 0 Å². The lowest BCUT2D eigenvalue weighted by atomic mass is 9.95. The molecule has 0 amide bonds. The molecule has 0 radical (unpaired) electrons. The van der Waals surface area contributed by atoms with Crippen LogP contribution in [0.25, 0.3) is 10.9 Å². The number of ether oxygens (including phenoxy) is 2. The number of fused-ring (bicyclic) bond motifs is 1. The molecule has 0 atom stereocenters. The SMILES string of the molecule is Cc1[nH]c2ccc(CCN3CCC(OC4CCC4)CC3)cc2c1C(=O)OCc1ccccc1. The highest BCUT2D eigenvalue weighted by Crippen LogP contribution is 2.27. The molecule has 5 heteroatoms. The van der Waals surface area contributed by atoms with E-state index in [0.29, 0.717) is 17.8 Å². The van der Waals surface area contributed by atoms with E-state index in [2.05, 4.69) is 28.1 Å². The first-order valence-electron chi connectivity index (χ1n) is 12.4. The summed E-state index contributed by atoms with van der Waals surface area (Å²) in [5, 5.41) is 0.954. The second kappa shape index (κ2) is 10.1. The fraction of sp³-hybridized carbons (Fsp3) is 0.464. The number of benzene rings is 2. The first-order chi connectivity index (χ1) is 16.2. The van der Waals surface area contributed by atoms with Crippen molar-refractivity contribution in [1.29, 1.82) is 0 Å². The molecular weight excluding hydrogens is 412 g/mol. The predicted molar refractivity (Wildman–Crippen MR) is 130 cm³/mol. The van der Waals surface area contributed by atoms with Crippen LogP contribution in [0.4, 0.5) is 0 Å². The maximum absolute atomic E-state index is 12.9. The Balaban J connectivity index is 1.19. The van der Waals surface area contributed by atoms with Crippen molar-refractivity contribution in [3.05, 3.63) is 70.9 Å². The van der Waals surface area contributed by atoms with Crippen LogP contribution in [-0.2, 0) is 22.5 Å². The Morgan fingerprint density at radius 3 is 2.48 bits per heavy atom. The second-order valence-corrected chi connectivity index (χ2v) is 9.55. The quantitative estimate of drug-likeness (QED) is 0.470. The summed E-state index contributed by atoms with van der Waals surface area (Å²) in [6.07, 6.45) is 8.09. The molecule has 0 bridgehead atoms. The van der Waals surface area contributed by atoms with Gasteiger partial charge in [0.05, 0.1) is 17.8 Å². The van der Waals surface area contributed by atoms with Crippen molar-refractivity contribution in [2.45, 2.75) is 64.3 Å². The third kappa shape index (κ3) is 5.31. The highest BCUT2D eigenvalue weighted by molar-refractivity contribution is 6.05. The molecule has 1 N–H and O–H groups in total. The average Bonchev–Trinajstić information content (AvgIpc) is 3.15. The number of carbonyl (C=O) groups excluding carboxylic acids is 1. The molecule has 2 heterocycles. The normalized spacial score (nSPS) is 17.8. The van der Waals surface area contributed by atoms with Gasteiger partial charge in [-0.15, -0.1) is 0 Å². The number of piperidine rings is 1. The molecule has 33 heavy (non-hydrogen) atoms. The van der Waals surface area contributed by atoms with Crippen molar-refractivity contribution in [2.75, 3.05) is 19.6 Å². The molecular formula is C28H34N2O3. The number of hydrogen-bond donors (Lipinski definition) is 1. The molecule has 5 rings (SSSR count). The summed E-state index contributed by atoms with van der Waals surface area (Å²) in [6, 6.07) is 16.2. The highest BCUT2D eigenvalue weighted by Gasteiger charge is 2.26. The molecule has 3 aromatic rings. The van der Waals surface area contributed by atoms with Gasteiger partial charge in [0.1, 0.15) is 6.61 Å².